The highest BCUT2D eigenvalue weighted by atomic mass is 16.4. The van der Waals surface area contributed by atoms with E-state index in [0.29, 0.717) is 12.6 Å². The first kappa shape index (κ1) is 12.4. The van der Waals surface area contributed by atoms with Gasteiger partial charge in [-0.15, -0.1) is 0 Å². The number of carboxylic acids is 1. The van der Waals surface area contributed by atoms with Crippen LogP contribution in [0.4, 0.5) is 0 Å². The zero-order valence-electron chi connectivity index (χ0n) is 9.52. The number of carboxylic acid groups (broad SMARTS) is 1. The van der Waals surface area contributed by atoms with Gasteiger partial charge in [-0.25, -0.2) is 0 Å². The van der Waals surface area contributed by atoms with Gasteiger partial charge in [-0.05, 0) is 33.5 Å². The first-order valence-electron chi connectivity index (χ1n) is 5.41. The molecule has 5 heteroatoms. The van der Waals surface area contributed by atoms with E-state index >= 15 is 0 Å². The van der Waals surface area contributed by atoms with Gasteiger partial charge < -0.3 is 15.7 Å². The van der Waals surface area contributed by atoms with E-state index in [-0.39, 0.29) is 0 Å². The molecule has 0 bridgehead atoms. The van der Waals surface area contributed by atoms with Crippen molar-refractivity contribution in [3.63, 3.8) is 0 Å². The van der Waals surface area contributed by atoms with Crippen LogP contribution in [0.15, 0.2) is 0 Å². The largest absolute Gasteiger partial charge is 0.480 e. The van der Waals surface area contributed by atoms with Gasteiger partial charge >= 0.3 is 5.97 Å². The molecule has 0 aromatic carbocycles. The lowest BCUT2D eigenvalue weighted by Crippen LogP contribution is -2.47. The third-order valence-electron chi connectivity index (χ3n) is 2.93. The molecule has 0 aliphatic carbocycles. The quantitative estimate of drug-likeness (QED) is 0.659. The molecule has 5 nitrogen and oxygen atoms in total. The summed E-state index contributed by atoms with van der Waals surface area (Å²) in [6.45, 7) is 5.56. The Bertz CT molecular complexity index is 223. The molecule has 1 rings (SSSR count). The zero-order valence-corrected chi connectivity index (χ0v) is 9.52. The number of hydrogen-bond donors (Lipinski definition) is 2. The maximum atomic E-state index is 10.7. The summed E-state index contributed by atoms with van der Waals surface area (Å²) in [5.41, 5.74) is 5.54. The highest BCUT2D eigenvalue weighted by molar-refractivity contribution is 5.73. The monoisotopic (exact) mass is 215 g/mol. The number of likely N-dealkylation sites (N-methyl/N-ethyl adjacent to an activating group) is 1. The van der Waals surface area contributed by atoms with E-state index in [1.165, 1.54) is 0 Å². The minimum Gasteiger partial charge on any atom is -0.480 e. The highest BCUT2D eigenvalue weighted by Crippen LogP contribution is 2.08. The number of rotatable bonds is 3. The molecule has 15 heavy (non-hydrogen) atoms. The summed E-state index contributed by atoms with van der Waals surface area (Å²) in [7, 11) is 2.09. The van der Waals surface area contributed by atoms with E-state index in [1.54, 1.807) is 0 Å². The van der Waals surface area contributed by atoms with Crippen LogP contribution in [0, 0.1) is 0 Å². The molecular weight excluding hydrogens is 194 g/mol. The Morgan fingerprint density at radius 1 is 1.60 bits per heavy atom. The van der Waals surface area contributed by atoms with Gasteiger partial charge in [0.05, 0.1) is 0 Å². The van der Waals surface area contributed by atoms with E-state index in [2.05, 4.69) is 23.8 Å². The van der Waals surface area contributed by atoms with Crippen molar-refractivity contribution in [3.8, 4) is 0 Å². The molecule has 1 saturated heterocycles. The average molecular weight is 215 g/mol. The molecule has 0 aromatic rings. The summed E-state index contributed by atoms with van der Waals surface area (Å²) >= 11 is 0. The molecule has 1 heterocycles. The number of carbonyl (C=O) groups is 1. The van der Waals surface area contributed by atoms with Crippen LogP contribution in [0.3, 0.4) is 0 Å². The van der Waals surface area contributed by atoms with Gasteiger partial charge in [0.1, 0.15) is 6.04 Å². The summed E-state index contributed by atoms with van der Waals surface area (Å²) in [5.74, 6) is -0.917. The standard InChI is InChI=1S/C10H21N3O2/c1-8-6-12(2)4-3-5-13(8)7-9(11)10(14)15/h8-9H,3-7,11H2,1-2H3,(H,14,15). The molecule has 0 aromatic heterocycles. The van der Waals surface area contributed by atoms with Gasteiger partial charge in [-0.2, -0.15) is 0 Å². The lowest BCUT2D eigenvalue weighted by atomic mass is 10.2. The second-order valence-corrected chi connectivity index (χ2v) is 4.40. The molecule has 2 unspecified atom stereocenters. The summed E-state index contributed by atoms with van der Waals surface area (Å²) in [5, 5.41) is 8.76. The Balaban J connectivity index is 2.49. The van der Waals surface area contributed by atoms with Gasteiger partial charge in [0.25, 0.3) is 0 Å². The van der Waals surface area contributed by atoms with Crippen molar-refractivity contribution in [2.45, 2.75) is 25.4 Å². The van der Waals surface area contributed by atoms with Crippen LogP contribution in [0.5, 0.6) is 0 Å². The fourth-order valence-corrected chi connectivity index (χ4v) is 2.02. The van der Waals surface area contributed by atoms with E-state index in [9.17, 15) is 4.79 Å². The number of nitrogens with zero attached hydrogens (tertiary/aromatic N) is 2. The topological polar surface area (TPSA) is 69.8 Å². The first-order valence-corrected chi connectivity index (χ1v) is 5.41. The maximum absolute atomic E-state index is 10.7. The van der Waals surface area contributed by atoms with Gasteiger partial charge in [0, 0.05) is 19.1 Å². The summed E-state index contributed by atoms with van der Waals surface area (Å²) in [4.78, 5) is 15.1. The number of nitrogens with two attached hydrogens (primary N) is 1. The van der Waals surface area contributed by atoms with Crippen molar-refractivity contribution < 1.29 is 9.90 Å². The molecule has 0 saturated carbocycles. The van der Waals surface area contributed by atoms with E-state index in [1.807, 2.05) is 0 Å². The Morgan fingerprint density at radius 2 is 2.27 bits per heavy atom. The van der Waals surface area contributed by atoms with Crippen LogP contribution < -0.4 is 5.73 Å². The van der Waals surface area contributed by atoms with Crippen LogP contribution in [-0.4, -0.2) is 66.2 Å². The molecular formula is C10H21N3O2. The Labute approximate surface area is 90.8 Å². The van der Waals surface area contributed by atoms with Crippen LogP contribution in [0.25, 0.3) is 0 Å². The molecule has 1 fully saturated rings. The Kier molecular flexibility index (Phi) is 4.50. The Hall–Kier alpha value is -0.650. The van der Waals surface area contributed by atoms with Crippen LogP contribution in [-0.2, 0) is 4.79 Å². The van der Waals surface area contributed by atoms with Crippen molar-refractivity contribution in [3.05, 3.63) is 0 Å². The summed E-state index contributed by atoms with van der Waals surface area (Å²) < 4.78 is 0. The Morgan fingerprint density at radius 3 is 2.87 bits per heavy atom. The zero-order chi connectivity index (χ0) is 11.4. The summed E-state index contributed by atoms with van der Waals surface area (Å²) in [6, 6.07) is -0.390. The van der Waals surface area contributed by atoms with Crippen LogP contribution >= 0.6 is 0 Å². The molecule has 88 valence electrons. The van der Waals surface area contributed by atoms with Gasteiger partial charge in [-0.1, -0.05) is 0 Å². The first-order chi connectivity index (χ1) is 7.00. The maximum Gasteiger partial charge on any atom is 0.321 e. The van der Waals surface area contributed by atoms with Gasteiger partial charge in [0.2, 0.25) is 0 Å². The number of aliphatic carboxylic acids is 1. The van der Waals surface area contributed by atoms with Gasteiger partial charge in [-0.3, -0.25) is 9.69 Å². The third-order valence-corrected chi connectivity index (χ3v) is 2.93. The van der Waals surface area contributed by atoms with Crippen molar-refractivity contribution in [1.29, 1.82) is 0 Å². The fraction of sp³-hybridized carbons (Fsp3) is 0.900. The minimum absolute atomic E-state index is 0.378. The van der Waals surface area contributed by atoms with Crippen LogP contribution in [0.2, 0.25) is 0 Å². The predicted molar refractivity (Wildman–Crippen MR) is 58.8 cm³/mol. The smallest absolute Gasteiger partial charge is 0.321 e. The average Bonchev–Trinajstić information content (AvgIpc) is 2.28. The van der Waals surface area contributed by atoms with E-state index < -0.39 is 12.0 Å². The second-order valence-electron chi connectivity index (χ2n) is 4.40. The molecule has 1 aliphatic heterocycles. The summed E-state index contributed by atoms with van der Waals surface area (Å²) in [6.07, 6.45) is 1.08. The fourth-order valence-electron chi connectivity index (χ4n) is 2.02. The van der Waals surface area contributed by atoms with Gasteiger partial charge in [0.15, 0.2) is 0 Å². The third kappa shape index (κ3) is 3.77. The normalized spacial score (nSPS) is 27.3. The number of hydrogen-bond acceptors (Lipinski definition) is 4. The van der Waals surface area contributed by atoms with E-state index in [4.69, 9.17) is 10.8 Å². The highest BCUT2D eigenvalue weighted by Gasteiger charge is 2.23. The lowest BCUT2D eigenvalue weighted by Gasteiger charge is -2.28. The van der Waals surface area contributed by atoms with Crippen LogP contribution in [0.1, 0.15) is 13.3 Å². The molecule has 0 amide bonds. The molecule has 2 atom stereocenters. The molecule has 3 N–H and O–H groups in total. The minimum atomic E-state index is -0.917. The SMILES string of the molecule is CC1CN(C)CCCN1CC(N)C(=O)O. The predicted octanol–water partition coefficient (Wildman–Crippen LogP) is -0.576. The van der Waals surface area contributed by atoms with E-state index in [0.717, 1.165) is 26.1 Å². The molecule has 0 radical (unpaired) electrons. The van der Waals surface area contributed by atoms with Crippen molar-refractivity contribution in [1.82, 2.24) is 9.80 Å². The molecule has 0 spiro atoms. The van der Waals surface area contributed by atoms with Crippen molar-refractivity contribution in [2.24, 2.45) is 5.73 Å². The lowest BCUT2D eigenvalue weighted by molar-refractivity contribution is -0.139. The second kappa shape index (κ2) is 5.44. The molecule has 1 aliphatic rings. The van der Waals surface area contributed by atoms with Crippen molar-refractivity contribution in [2.75, 3.05) is 33.2 Å². The van der Waals surface area contributed by atoms with Crippen molar-refractivity contribution >= 4 is 5.97 Å².